The molecule has 0 fully saturated rings. The SMILES string of the molecule is CC(C)(C)C(=O)ON[C@H]1CSc2cccc(Oc3ccccc3)c2NC1=O. The summed E-state index contributed by atoms with van der Waals surface area (Å²) < 4.78 is 5.92. The number of nitrogens with one attached hydrogen (secondary N) is 2. The number of hydrogen-bond acceptors (Lipinski definition) is 6. The highest BCUT2D eigenvalue weighted by Gasteiger charge is 2.29. The van der Waals surface area contributed by atoms with Crippen molar-refractivity contribution in [2.45, 2.75) is 31.7 Å². The molecule has 2 N–H and O–H groups in total. The van der Waals surface area contributed by atoms with Gasteiger partial charge in [-0.1, -0.05) is 24.3 Å². The van der Waals surface area contributed by atoms with Gasteiger partial charge in [-0.3, -0.25) is 4.79 Å². The summed E-state index contributed by atoms with van der Waals surface area (Å²) in [4.78, 5) is 30.5. The number of hydrogen-bond donors (Lipinski definition) is 2. The molecule has 0 saturated carbocycles. The van der Waals surface area contributed by atoms with Gasteiger partial charge in [0, 0.05) is 10.6 Å². The van der Waals surface area contributed by atoms with Crippen molar-refractivity contribution in [3.8, 4) is 11.5 Å². The van der Waals surface area contributed by atoms with Crippen LogP contribution in [0.25, 0.3) is 0 Å². The zero-order valence-corrected chi connectivity index (χ0v) is 16.3. The fourth-order valence-electron chi connectivity index (χ4n) is 2.28. The zero-order chi connectivity index (χ0) is 19.4. The van der Waals surface area contributed by atoms with Crippen molar-refractivity contribution in [1.82, 2.24) is 5.48 Å². The Balaban J connectivity index is 1.74. The first-order valence-corrected chi connectivity index (χ1v) is 9.59. The average Bonchev–Trinajstić information content (AvgIpc) is 2.79. The highest BCUT2D eigenvalue weighted by molar-refractivity contribution is 7.99. The number of para-hydroxylation sites is 2. The Bertz CT molecular complexity index is 834. The van der Waals surface area contributed by atoms with Gasteiger partial charge in [0.25, 0.3) is 0 Å². The summed E-state index contributed by atoms with van der Waals surface area (Å²) in [6.45, 7) is 5.26. The first-order valence-electron chi connectivity index (χ1n) is 8.61. The number of carbonyl (C=O) groups excluding carboxylic acids is 2. The summed E-state index contributed by atoms with van der Waals surface area (Å²) in [7, 11) is 0. The van der Waals surface area contributed by atoms with Crippen molar-refractivity contribution in [2.75, 3.05) is 11.1 Å². The lowest BCUT2D eigenvalue weighted by Crippen LogP contribution is -2.44. The van der Waals surface area contributed by atoms with Crippen LogP contribution in [-0.4, -0.2) is 23.7 Å². The molecule has 1 atom stereocenters. The van der Waals surface area contributed by atoms with Crippen LogP contribution < -0.4 is 15.5 Å². The van der Waals surface area contributed by atoms with E-state index in [1.165, 1.54) is 11.8 Å². The van der Waals surface area contributed by atoms with E-state index in [0.29, 0.717) is 22.9 Å². The molecule has 2 aromatic carbocycles. The standard InChI is InChI=1S/C20H22N2O4S/c1-20(2,3)19(24)26-22-14-12-27-16-11-7-10-15(17(16)21-18(14)23)25-13-8-5-4-6-9-13/h4-11,14,22H,12H2,1-3H3,(H,21,23)/t14-/m0/s1. The van der Waals surface area contributed by atoms with Crippen molar-refractivity contribution in [3.63, 3.8) is 0 Å². The molecule has 1 aliphatic heterocycles. The molecule has 0 spiro atoms. The smallest absolute Gasteiger partial charge is 0.330 e. The van der Waals surface area contributed by atoms with E-state index in [4.69, 9.17) is 9.57 Å². The molecule has 142 valence electrons. The molecule has 0 aliphatic carbocycles. The first-order chi connectivity index (χ1) is 12.8. The lowest BCUT2D eigenvalue weighted by molar-refractivity contribution is -0.162. The number of hydroxylamine groups is 1. The molecule has 6 nitrogen and oxygen atoms in total. The maximum Gasteiger partial charge on any atom is 0.330 e. The Kier molecular flexibility index (Phi) is 5.72. The van der Waals surface area contributed by atoms with Gasteiger partial charge >= 0.3 is 5.97 Å². The quantitative estimate of drug-likeness (QED) is 0.774. The summed E-state index contributed by atoms with van der Waals surface area (Å²) in [5.74, 6) is 0.961. The zero-order valence-electron chi connectivity index (χ0n) is 15.4. The molecule has 0 radical (unpaired) electrons. The Morgan fingerprint density at radius 2 is 1.89 bits per heavy atom. The molecule has 27 heavy (non-hydrogen) atoms. The van der Waals surface area contributed by atoms with Crippen LogP contribution in [0.3, 0.4) is 0 Å². The van der Waals surface area contributed by atoms with Gasteiger partial charge in [-0.25, -0.2) is 4.79 Å². The Labute approximate surface area is 162 Å². The third kappa shape index (κ3) is 4.81. The monoisotopic (exact) mass is 386 g/mol. The highest BCUT2D eigenvalue weighted by atomic mass is 32.2. The lowest BCUT2D eigenvalue weighted by Gasteiger charge is -2.19. The molecular formula is C20H22N2O4S. The molecule has 0 unspecified atom stereocenters. The van der Waals surface area contributed by atoms with Crippen LogP contribution in [0.15, 0.2) is 53.4 Å². The number of carbonyl (C=O) groups is 2. The maximum atomic E-state index is 12.6. The second kappa shape index (κ2) is 8.02. The minimum Gasteiger partial charge on any atom is -0.455 e. The summed E-state index contributed by atoms with van der Waals surface area (Å²) in [6.07, 6.45) is 0. The molecule has 2 aromatic rings. The summed E-state index contributed by atoms with van der Waals surface area (Å²) in [6, 6.07) is 14.3. The molecule has 0 saturated heterocycles. The van der Waals surface area contributed by atoms with Crippen molar-refractivity contribution >= 4 is 29.3 Å². The van der Waals surface area contributed by atoms with Crippen molar-refractivity contribution < 1.29 is 19.2 Å². The number of rotatable bonds is 4. The number of amides is 1. The van der Waals surface area contributed by atoms with Crippen molar-refractivity contribution in [1.29, 1.82) is 0 Å². The van der Waals surface area contributed by atoms with Crippen LogP contribution >= 0.6 is 11.8 Å². The third-order valence-corrected chi connectivity index (χ3v) is 4.99. The highest BCUT2D eigenvalue weighted by Crippen LogP contribution is 2.39. The van der Waals surface area contributed by atoms with Crippen molar-refractivity contribution in [2.24, 2.45) is 5.41 Å². The number of thioether (sulfide) groups is 1. The van der Waals surface area contributed by atoms with E-state index in [1.54, 1.807) is 26.8 Å². The van der Waals surface area contributed by atoms with E-state index >= 15 is 0 Å². The predicted octanol–water partition coefficient (Wildman–Crippen LogP) is 3.99. The van der Waals surface area contributed by atoms with E-state index in [2.05, 4.69) is 10.8 Å². The van der Waals surface area contributed by atoms with Gasteiger partial charge in [-0.05, 0) is 45.0 Å². The Hall–Kier alpha value is -2.51. The number of ether oxygens (including phenoxy) is 1. The Morgan fingerprint density at radius 3 is 2.59 bits per heavy atom. The maximum absolute atomic E-state index is 12.6. The third-order valence-electron chi connectivity index (χ3n) is 3.84. The van der Waals surface area contributed by atoms with Crippen LogP contribution in [0.1, 0.15) is 20.8 Å². The van der Waals surface area contributed by atoms with E-state index in [0.717, 1.165) is 4.90 Å². The van der Waals surface area contributed by atoms with Gasteiger partial charge in [0.1, 0.15) is 11.8 Å². The molecule has 1 heterocycles. The van der Waals surface area contributed by atoms with E-state index < -0.39 is 17.4 Å². The van der Waals surface area contributed by atoms with Gasteiger partial charge in [-0.2, -0.15) is 0 Å². The molecule has 1 aliphatic rings. The average molecular weight is 386 g/mol. The number of fused-ring (bicyclic) bond motifs is 1. The largest absolute Gasteiger partial charge is 0.455 e. The van der Waals surface area contributed by atoms with Gasteiger partial charge in [0.15, 0.2) is 5.75 Å². The number of anilines is 1. The molecule has 3 rings (SSSR count). The molecule has 0 aromatic heterocycles. The Morgan fingerprint density at radius 1 is 1.15 bits per heavy atom. The fourth-order valence-corrected chi connectivity index (χ4v) is 3.32. The van der Waals surface area contributed by atoms with E-state index in [1.807, 2.05) is 42.5 Å². The van der Waals surface area contributed by atoms with Crippen LogP contribution in [0.5, 0.6) is 11.5 Å². The second-order valence-electron chi connectivity index (χ2n) is 7.15. The molecule has 1 amide bonds. The van der Waals surface area contributed by atoms with Crippen molar-refractivity contribution in [3.05, 3.63) is 48.5 Å². The molecular weight excluding hydrogens is 364 g/mol. The van der Waals surface area contributed by atoms with Crippen LogP contribution in [0.2, 0.25) is 0 Å². The van der Waals surface area contributed by atoms with Gasteiger partial charge in [0.05, 0.1) is 11.1 Å². The van der Waals surface area contributed by atoms with Crippen LogP contribution in [-0.2, 0) is 14.4 Å². The minimum absolute atomic E-state index is 0.285. The van der Waals surface area contributed by atoms with Crippen LogP contribution in [0, 0.1) is 5.41 Å². The first kappa shape index (κ1) is 19.3. The van der Waals surface area contributed by atoms with Gasteiger partial charge in [0.2, 0.25) is 5.91 Å². The summed E-state index contributed by atoms with van der Waals surface area (Å²) >= 11 is 1.49. The van der Waals surface area contributed by atoms with Crippen LogP contribution in [0.4, 0.5) is 5.69 Å². The van der Waals surface area contributed by atoms with E-state index in [9.17, 15) is 9.59 Å². The topological polar surface area (TPSA) is 76.7 Å². The number of benzene rings is 2. The lowest BCUT2D eigenvalue weighted by atomic mass is 9.98. The molecule has 7 heteroatoms. The normalized spacial score (nSPS) is 16.7. The van der Waals surface area contributed by atoms with Gasteiger partial charge < -0.3 is 14.9 Å². The van der Waals surface area contributed by atoms with E-state index in [-0.39, 0.29) is 5.91 Å². The van der Waals surface area contributed by atoms with Gasteiger partial charge in [-0.15, -0.1) is 17.2 Å². The summed E-state index contributed by atoms with van der Waals surface area (Å²) in [5.41, 5.74) is 2.56. The minimum atomic E-state index is -0.668. The fraction of sp³-hybridized carbons (Fsp3) is 0.300. The summed E-state index contributed by atoms with van der Waals surface area (Å²) in [5, 5.41) is 2.89. The molecule has 0 bridgehead atoms. The second-order valence-corrected chi connectivity index (χ2v) is 8.22. The predicted molar refractivity (Wildman–Crippen MR) is 105 cm³/mol.